The Hall–Kier alpha value is -1.09. The Morgan fingerprint density at radius 2 is 1.50 bits per heavy atom. The number of halogens is 8. The molecule has 22 heavy (non-hydrogen) atoms. The summed E-state index contributed by atoms with van der Waals surface area (Å²) in [5.74, 6) is -16.7. The summed E-state index contributed by atoms with van der Waals surface area (Å²) in [4.78, 5) is 11.1. The van der Waals surface area contributed by atoms with Crippen LogP contribution in [0.25, 0.3) is 0 Å². The van der Waals surface area contributed by atoms with Gasteiger partial charge in [0.05, 0.1) is 5.92 Å². The molecule has 0 aromatic rings. The summed E-state index contributed by atoms with van der Waals surface area (Å²) in [7, 11) is 0. The number of carbonyl (C=O) groups is 1. The van der Waals surface area contributed by atoms with Gasteiger partial charge in [-0.25, -0.2) is 17.6 Å². The lowest BCUT2D eigenvalue weighted by molar-refractivity contribution is -0.243. The fourth-order valence-electron chi connectivity index (χ4n) is 1.19. The van der Waals surface area contributed by atoms with E-state index in [2.05, 4.69) is 4.74 Å². The SMILES string of the molecule is CCC(C)C(=O)OCC(F)(F)C(F)(F)CCC(F)(F)C(F)F. The quantitative estimate of drug-likeness (QED) is 0.454. The van der Waals surface area contributed by atoms with Crippen LogP contribution >= 0.6 is 0 Å². The summed E-state index contributed by atoms with van der Waals surface area (Å²) in [6.07, 6.45) is -8.30. The molecule has 1 unspecified atom stereocenters. The zero-order valence-electron chi connectivity index (χ0n) is 11.8. The van der Waals surface area contributed by atoms with E-state index < -0.39 is 55.5 Å². The van der Waals surface area contributed by atoms with E-state index in [1.54, 1.807) is 0 Å². The molecule has 0 bridgehead atoms. The van der Waals surface area contributed by atoms with Gasteiger partial charge < -0.3 is 4.74 Å². The molecule has 0 aliphatic carbocycles. The molecule has 0 aromatic carbocycles. The van der Waals surface area contributed by atoms with Crippen LogP contribution in [-0.2, 0) is 9.53 Å². The van der Waals surface area contributed by atoms with Crippen molar-refractivity contribution in [3.05, 3.63) is 0 Å². The molecular formula is C12H16F8O2. The number of alkyl halides is 8. The Balaban J connectivity index is 4.70. The lowest BCUT2D eigenvalue weighted by atomic mass is 10.0. The van der Waals surface area contributed by atoms with Crippen molar-refractivity contribution in [1.82, 2.24) is 0 Å². The molecule has 0 saturated carbocycles. The highest BCUT2D eigenvalue weighted by molar-refractivity contribution is 5.71. The normalized spacial score (nSPS) is 15.0. The number of hydrogen-bond acceptors (Lipinski definition) is 2. The van der Waals surface area contributed by atoms with Gasteiger partial charge in [0, 0.05) is 12.8 Å². The maximum atomic E-state index is 13.2. The molecular weight excluding hydrogens is 328 g/mol. The first-order chi connectivity index (χ1) is 9.77. The largest absolute Gasteiger partial charge is 0.459 e. The number of carbonyl (C=O) groups excluding carboxylic acids is 1. The first kappa shape index (κ1) is 20.9. The number of esters is 1. The molecule has 1 atom stereocenters. The Labute approximate surface area is 121 Å². The van der Waals surface area contributed by atoms with Crippen molar-refractivity contribution in [2.45, 2.75) is 57.3 Å². The van der Waals surface area contributed by atoms with Crippen LogP contribution in [0.4, 0.5) is 35.1 Å². The summed E-state index contributed by atoms with van der Waals surface area (Å²) >= 11 is 0. The maximum Gasteiger partial charge on any atom is 0.343 e. The second-order valence-electron chi connectivity index (χ2n) is 4.89. The van der Waals surface area contributed by atoms with Crippen LogP contribution in [0, 0.1) is 5.92 Å². The van der Waals surface area contributed by atoms with E-state index in [9.17, 15) is 39.9 Å². The van der Waals surface area contributed by atoms with Gasteiger partial charge in [-0.3, -0.25) is 4.79 Å². The number of hydrogen-bond donors (Lipinski definition) is 0. The minimum absolute atomic E-state index is 0.224. The molecule has 0 aromatic heterocycles. The fraction of sp³-hybridized carbons (Fsp3) is 0.917. The summed E-state index contributed by atoms with van der Waals surface area (Å²) in [5, 5.41) is 0. The lowest BCUT2D eigenvalue weighted by Crippen LogP contribution is -2.46. The minimum atomic E-state index is -5.01. The molecule has 0 rings (SSSR count). The van der Waals surface area contributed by atoms with Crippen LogP contribution in [0.5, 0.6) is 0 Å². The van der Waals surface area contributed by atoms with E-state index in [0.717, 1.165) is 0 Å². The standard InChI is InChI=1S/C12H16F8O2/c1-3-7(2)8(21)22-6-12(19,20)11(17,18)5-4-10(15,16)9(13)14/h7,9H,3-6H2,1-2H3. The molecule has 0 radical (unpaired) electrons. The third kappa shape index (κ3) is 5.60. The predicted molar refractivity (Wildman–Crippen MR) is 60.5 cm³/mol. The molecule has 2 nitrogen and oxygen atoms in total. The number of ether oxygens (including phenoxy) is 1. The van der Waals surface area contributed by atoms with Crippen molar-refractivity contribution < 1.29 is 44.7 Å². The van der Waals surface area contributed by atoms with Gasteiger partial charge in [-0.05, 0) is 6.42 Å². The van der Waals surface area contributed by atoms with Gasteiger partial charge in [-0.15, -0.1) is 0 Å². The second kappa shape index (κ2) is 7.45. The van der Waals surface area contributed by atoms with Gasteiger partial charge in [0.25, 0.3) is 0 Å². The zero-order chi connectivity index (χ0) is 17.8. The van der Waals surface area contributed by atoms with Crippen molar-refractivity contribution in [2.75, 3.05) is 6.61 Å². The first-order valence-electron chi connectivity index (χ1n) is 6.35. The third-order valence-corrected chi connectivity index (χ3v) is 3.04. The maximum absolute atomic E-state index is 13.2. The molecule has 0 aliphatic heterocycles. The van der Waals surface area contributed by atoms with Crippen molar-refractivity contribution in [2.24, 2.45) is 5.92 Å². The molecule has 0 saturated heterocycles. The van der Waals surface area contributed by atoms with Crippen molar-refractivity contribution in [3.63, 3.8) is 0 Å². The van der Waals surface area contributed by atoms with Gasteiger partial charge in [0.15, 0.2) is 6.61 Å². The summed E-state index contributed by atoms with van der Waals surface area (Å²) < 4.78 is 106. The summed E-state index contributed by atoms with van der Waals surface area (Å²) in [6, 6.07) is 0. The van der Waals surface area contributed by atoms with Crippen LogP contribution < -0.4 is 0 Å². The van der Waals surface area contributed by atoms with Crippen molar-refractivity contribution >= 4 is 5.97 Å². The highest BCUT2D eigenvalue weighted by Gasteiger charge is 2.58. The lowest BCUT2D eigenvalue weighted by Gasteiger charge is -2.27. The number of rotatable bonds is 9. The van der Waals surface area contributed by atoms with E-state index in [1.807, 2.05) is 0 Å². The molecule has 132 valence electrons. The fourth-order valence-corrected chi connectivity index (χ4v) is 1.19. The van der Waals surface area contributed by atoms with Crippen LogP contribution in [0.3, 0.4) is 0 Å². The van der Waals surface area contributed by atoms with Gasteiger partial charge in [0.1, 0.15) is 0 Å². The molecule has 0 N–H and O–H groups in total. The van der Waals surface area contributed by atoms with Crippen LogP contribution in [0.2, 0.25) is 0 Å². The van der Waals surface area contributed by atoms with E-state index in [4.69, 9.17) is 0 Å². The Bertz CT molecular complexity index is 370. The Morgan fingerprint density at radius 3 is 1.91 bits per heavy atom. The third-order valence-electron chi connectivity index (χ3n) is 3.04. The minimum Gasteiger partial charge on any atom is -0.459 e. The molecule has 0 spiro atoms. The molecule has 0 amide bonds. The van der Waals surface area contributed by atoms with Gasteiger partial charge in [0.2, 0.25) is 0 Å². The van der Waals surface area contributed by atoms with Gasteiger partial charge in [-0.2, -0.15) is 17.6 Å². The predicted octanol–water partition coefficient (Wildman–Crippen LogP) is 4.53. The zero-order valence-corrected chi connectivity index (χ0v) is 11.8. The van der Waals surface area contributed by atoms with E-state index in [1.165, 1.54) is 13.8 Å². The van der Waals surface area contributed by atoms with Gasteiger partial charge >= 0.3 is 30.2 Å². The van der Waals surface area contributed by atoms with Crippen molar-refractivity contribution in [1.29, 1.82) is 0 Å². The topological polar surface area (TPSA) is 26.3 Å². The highest BCUT2D eigenvalue weighted by Crippen LogP contribution is 2.41. The van der Waals surface area contributed by atoms with Crippen LogP contribution in [0.1, 0.15) is 33.1 Å². The Morgan fingerprint density at radius 1 is 1.00 bits per heavy atom. The van der Waals surface area contributed by atoms with E-state index >= 15 is 0 Å². The first-order valence-corrected chi connectivity index (χ1v) is 6.35. The average molecular weight is 344 g/mol. The molecule has 0 heterocycles. The average Bonchev–Trinajstić information content (AvgIpc) is 2.41. The molecule has 10 heteroatoms. The van der Waals surface area contributed by atoms with Crippen molar-refractivity contribution in [3.8, 4) is 0 Å². The van der Waals surface area contributed by atoms with Crippen LogP contribution in [0.15, 0.2) is 0 Å². The summed E-state index contributed by atoms with van der Waals surface area (Å²) in [6.45, 7) is 0.844. The molecule has 0 fully saturated rings. The monoisotopic (exact) mass is 344 g/mol. The smallest absolute Gasteiger partial charge is 0.343 e. The van der Waals surface area contributed by atoms with E-state index in [-0.39, 0.29) is 6.42 Å². The highest BCUT2D eigenvalue weighted by atomic mass is 19.3. The Kier molecular flexibility index (Phi) is 7.08. The van der Waals surface area contributed by atoms with E-state index in [0.29, 0.717) is 0 Å². The molecule has 0 aliphatic rings. The van der Waals surface area contributed by atoms with Crippen LogP contribution in [-0.4, -0.2) is 36.8 Å². The van der Waals surface area contributed by atoms with Gasteiger partial charge in [-0.1, -0.05) is 13.8 Å². The summed E-state index contributed by atoms with van der Waals surface area (Å²) in [5.41, 5.74) is 0. The second-order valence-corrected chi connectivity index (χ2v) is 4.89.